The van der Waals surface area contributed by atoms with Crippen LogP contribution in [0.25, 0.3) is 6.08 Å². The molecule has 0 spiro atoms. The topological polar surface area (TPSA) is 37.3 Å². The normalized spacial score (nSPS) is 10.8. The minimum atomic E-state index is -1.03. The highest BCUT2D eigenvalue weighted by molar-refractivity contribution is 14.1. The highest BCUT2D eigenvalue weighted by Gasteiger charge is 2.04. The first-order valence-corrected chi connectivity index (χ1v) is 5.43. The molecule has 0 aromatic heterocycles. The van der Waals surface area contributed by atoms with Gasteiger partial charge in [0.15, 0.2) is 5.82 Å². The fraction of sp³-hybridized carbons (Fsp3) is 0. The first kappa shape index (κ1) is 11.6. The molecular weight excluding hydrogens is 366 g/mol. The first-order valence-electron chi connectivity index (χ1n) is 3.56. The van der Waals surface area contributed by atoms with Crippen LogP contribution in [0.4, 0.5) is 4.39 Å². The summed E-state index contributed by atoms with van der Waals surface area (Å²) in [6, 6.07) is 3.09. The second-order valence-corrected chi connectivity index (χ2v) is 4.49. The highest BCUT2D eigenvalue weighted by atomic mass is 127. The summed E-state index contributed by atoms with van der Waals surface area (Å²) in [4.78, 5) is 10.2. The fourth-order valence-corrected chi connectivity index (χ4v) is 2.34. The number of hydrogen-bond acceptors (Lipinski definition) is 1. The molecule has 0 saturated carbocycles. The Balaban J connectivity index is 3.07. The lowest BCUT2D eigenvalue weighted by molar-refractivity contribution is -0.131. The quantitative estimate of drug-likeness (QED) is 0.492. The first-order chi connectivity index (χ1) is 6.50. The molecule has 0 saturated heterocycles. The molecule has 74 valence electrons. The predicted molar refractivity (Wildman–Crippen MR) is 63.5 cm³/mol. The van der Waals surface area contributed by atoms with Gasteiger partial charge in [-0.15, -0.1) is 0 Å². The van der Waals surface area contributed by atoms with Crippen LogP contribution in [-0.2, 0) is 4.79 Å². The molecule has 1 N–H and O–H groups in total. The van der Waals surface area contributed by atoms with Crippen LogP contribution in [-0.4, -0.2) is 11.1 Å². The summed E-state index contributed by atoms with van der Waals surface area (Å²) in [5.74, 6) is -1.36. The van der Waals surface area contributed by atoms with Gasteiger partial charge in [0.2, 0.25) is 0 Å². The van der Waals surface area contributed by atoms with E-state index in [9.17, 15) is 9.18 Å². The van der Waals surface area contributed by atoms with Crippen LogP contribution in [0.5, 0.6) is 0 Å². The molecule has 0 heterocycles. The number of aliphatic carboxylic acids is 1. The van der Waals surface area contributed by atoms with Crippen LogP contribution in [0.3, 0.4) is 0 Å². The van der Waals surface area contributed by atoms with Gasteiger partial charge in [0.25, 0.3) is 0 Å². The molecule has 0 fully saturated rings. The van der Waals surface area contributed by atoms with Gasteiger partial charge in [-0.25, -0.2) is 9.18 Å². The van der Waals surface area contributed by atoms with Gasteiger partial charge in [0.05, 0.1) is 8.04 Å². The van der Waals surface area contributed by atoms with Crippen LogP contribution in [0, 0.1) is 9.39 Å². The molecule has 1 rings (SSSR count). The van der Waals surface area contributed by atoms with Gasteiger partial charge in [-0.05, 0) is 62.3 Å². The third-order valence-electron chi connectivity index (χ3n) is 1.42. The van der Waals surface area contributed by atoms with Crippen molar-refractivity contribution in [3.8, 4) is 0 Å². The summed E-state index contributed by atoms with van der Waals surface area (Å²) in [7, 11) is 0. The Morgan fingerprint density at radius 2 is 2.21 bits per heavy atom. The molecule has 5 heteroatoms. The minimum Gasteiger partial charge on any atom is -0.478 e. The molecule has 0 aliphatic carbocycles. The Morgan fingerprint density at radius 3 is 2.71 bits per heavy atom. The van der Waals surface area contributed by atoms with E-state index < -0.39 is 5.97 Å². The number of hydrogen-bond donors (Lipinski definition) is 1. The van der Waals surface area contributed by atoms with Gasteiger partial charge < -0.3 is 5.11 Å². The van der Waals surface area contributed by atoms with Crippen molar-refractivity contribution in [3.05, 3.63) is 37.6 Å². The lowest BCUT2D eigenvalue weighted by Gasteiger charge is -1.99. The van der Waals surface area contributed by atoms with E-state index in [2.05, 4.69) is 15.9 Å². The van der Waals surface area contributed by atoms with Crippen molar-refractivity contribution < 1.29 is 14.3 Å². The molecule has 0 aliphatic heterocycles. The summed E-state index contributed by atoms with van der Waals surface area (Å²) in [6.07, 6.45) is 2.42. The van der Waals surface area contributed by atoms with E-state index in [0.717, 1.165) is 6.08 Å². The summed E-state index contributed by atoms with van der Waals surface area (Å²) in [5.41, 5.74) is 0.644. The van der Waals surface area contributed by atoms with Gasteiger partial charge in [-0.1, -0.05) is 0 Å². The van der Waals surface area contributed by atoms with Crippen LogP contribution >= 0.6 is 38.5 Å². The molecule has 0 radical (unpaired) electrons. The minimum absolute atomic E-state index is 0.328. The van der Waals surface area contributed by atoms with Gasteiger partial charge in [-0.3, -0.25) is 0 Å². The molecule has 0 bridgehead atoms. The SMILES string of the molecule is O=C(O)/C=C/c1cc(Br)c(F)c(I)c1. The second-order valence-electron chi connectivity index (χ2n) is 2.47. The lowest BCUT2D eigenvalue weighted by atomic mass is 10.2. The van der Waals surface area contributed by atoms with Crippen molar-refractivity contribution >= 4 is 50.6 Å². The maximum atomic E-state index is 13.1. The number of carboxylic acids is 1. The third kappa shape index (κ3) is 3.06. The number of halogens is 3. The predicted octanol–water partition coefficient (Wildman–Crippen LogP) is 3.29. The Bertz CT molecular complexity index is 381. The van der Waals surface area contributed by atoms with Crippen molar-refractivity contribution in [3.63, 3.8) is 0 Å². The van der Waals surface area contributed by atoms with Gasteiger partial charge >= 0.3 is 5.97 Å². The average Bonchev–Trinajstić information content (AvgIpc) is 2.10. The fourth-order valence-electron chi connectivity index (χ4n) is 0.839. The van der Waals surface area contributed by atoms with E-state index >= 15 is 0 Å². The smallest absolute Gasteiger partial charge is 0.328 e. The van der Waals surface area contributed by atoms with E-state index in [4.69, 9.17) is 5.11 Å². The van der Waals surface area contributed by atoms with E-state index in [1.54, 1.807) is 6.07 Å². The number of benzene rings is 1. The van der Waals surface area contributed by atoms with E-state index in [0.29, 0.717) is 13.6 Å². The number of carbonyl (C=O) groups is 1. The zero-order valence-corrected chi connectivity index (χ0v) is 10.5. The van der Waals surface area contributed by atoms with Crippen LogP contribution in [0.2, 0.25) is 0 Å². The largest absolute Gasteiger partial charge is 0.478 e. The van der Waals surface area contributed by atoms with Gasteiger partial charge in [0.1, 0.15) is 0 Å². The second kappa shape index (κ2) is 4.88. The van der Waals surface area contributed by atoms with Crippen LogP contribution in [0.15, 0.2) is 22.7 Å². The van der Waals surface area contributed by atoms with Crippen LogP contribution < -0.4 is 0 Å². The molecule has 0 unspecified atom stereocenters. The lowest BCUT2D eigenvalue weighted by Crippen LogP contribution is -1.88. The summed E-state index contributed by atoms with van der Waals surface area (Å²) in [5, 5.41) is 8.39. The van der Waals surface area contributed by atoms with Gasteiger partial charge in [0, 0.05) is 6.08 Å². The summed E-state index contributed by atoms with van der Waals surface area (Å²) >= 11 is 4.89. The standard InChI is InChI=1S/C9H5BrFIO2/c10-6-3-5(1-2-8(13)14)4-7(12)9(6)11/h1-4H,(H,13,14)/b2-1+. The molecule has 0 aliphatic rings. The molecule has 1 aromatic carbocycles. The Hall–Kier alpha value is -0.430. The summed E-state index contributed by atoms with van der Waals surface area (Å²) < 4.78 is 13.9. The maximum Gasteiger partial charge on any atom is 0.328 e. The highest BCUT2D eigenvalue weighted by Crippen LogP contribution is 2.23. The van der Waals surface area contributed by atoms with Crippen molar-refractivity contribution in [2.45, 2.75) is 0 Å². The number of rotatable bonds is 2. The molecule has 1 aromatic rings. The van der Waals surface area contributed by atoms with E-state index in [1.165, 1.54) is 12.1 Å². The zero-order chi connectivity index (χ0) is 10.7. The zero-order valence-electron chi connectivity index (χ0n) is 6.80. The van der Waals surface area contributed by atoms with Crippen molar-refractivity contribution in [1.82, 2.24) is 0 Å². The summed E-state index contributed by atoms with van der Waals surface area (Å²) in [6.45, 7) is 0. The molecule has 14 heavy (non-hydrogen) atoms. The Morgan fingerprint density at radius 1 is 1.57 bits per heavy atom. The third-order valence-corrected chi connectivity index (χ3v) is 2.79. The maximum absolute atomic E-state index is 13.1. The van der Waals surface area contributed by atoms with E-state index in [1.807, 2.05) is 22.6 Å². The monoisotopic (exact) mass is 370 g/mol. The molecule has 0 amide bonds. The Labute approximate surface area is 102 Å². The molecule has 2 nitrogen and oxygen atoms in total. The van der Waals surface area contributed by atoms with Crippen LogP contribution in [0.1, 0.15) is 5.56 Å². The van der Waals surface area contributed by atoms with E-state index in [-0.39, 0.29) is 5.82 Å². The molecule has 0 atom stereocenters. The van der Waals surface area contributed by atoms with Gasteiger partial charge in [-0.2, -0.15) is 0 Å². The number of carboxylic acid groups (broad SMARTS) is 1. The molecular formula is C9H5BrFIO2. The van der Waals surface area contributed by atoms with Crippen molar-refractivity contribution in [2.24, 2.45) is 0 Å². The Kier molecular flexibility index (Phi) is 4.06. The van der Waals surface area contributed by atoms with Crippen molar-refractivity contribution in [2.75, 3.05) is 0 Å². The average molecular weight is 371 g/mol. The van der Waals surface area contributed by atoms with Crippen molar-refractivity contribution in [1.29, 1.82) is 0 Å².